The van der Waals surface area contributed by atoms with Crippen molar-refractivity contribution in [2.45, 2.75) is 31.8 Å². The first kappa shape index (κ1) is 21.9. The van der Waals surface area contributed by atoms with E-state index in [0.29, 0.717) is 6.54 Å². The van der Waals surface area contributed by atoms with Gasteiger partial charge in [-0.25, -0.2) is 17.5 Å². The number of benzene rings is 1. The normalized spacial score (nSPS) is 12.8. The Morgan fingerprint density at radius 1 is 1.19 bits per heavy atom. The van der Waals surface area contributed by atoms with Gasteiger partial charge in [0, 0.05) is 20.6 Å². The molecule has 1 aromatic rings. The molecule has 1 amide bonds. The number of methoxy groups -OCH3 is 1. The van der Waals surface area contributed by atoms with Crippen molar-refractivity contribution in [3.63, 3.8) is 0 Å². The Kier molecular flexibility index (Phi) is 7.58. The smallest absolute Gasteiger partial charge is 0.338 e. The fourth-order valence-electron chi connectivity index (χ4n) is 1.93. The van der Waals surface area contributed by atoms with Crippen molar-refractivity contribution in [3.8, 4) is 5.75 Å². The molecule has 0 aromatic heterocycles. The van der Waals surface area contributed by atoms with Crippen LogP contribution >= 0.6 is 0 Å². The molecule has 146 valence electrons. The molecular formula is C17H26N2O6S. The van der Waals surface area contributed by atoms with Gasteiger partial charge >= 0.3 is 5.97 Å². The van der Waals surface area contributed by atoms with Gasteiger partial charge in [0.15, 0.2) is 6.10 Å². The van der Waals surface area contributed by atoms with Gasteiger partial charge in [0.2, 0.25) is 10.0 Å². The fraction of sp³-hybridized carbons (Fsp3) is 0.529. The second-order valence-corrected chi connectivity index (χ2v) is 8.46. The number of sulfonamides is 1. The first-order valence-electron chi connectivity index (χ1n) is 8.10. The van der Waals surface area contributed by atoms with Crippen LogP contribution in [0.4, 0.5) is 0 Å². The summed E-state index contributed by atoms with van der Waals surface area (Å²) in [5.41, 5.74) is 0.00901. The van der Waals surface area contributed by atoms with Gasteiger partial charge in [-0.3, -0.25) is 4.79 Å². The summed E-state index contributed by atoms with van der Waals surface area (Å²) in [5.74, 6) is -0.836. The van der Waals surface area contributed by atoms with Gasteiger partial charge in [-0.15, -0.1) is 0 Å². The third-order valence-corrected chi connectivity index (χ3v) is 5.33. The standard InChI is InChI=1S/C17H26N2O6S/c1-11(2)10-18-16(20)12(3)25-17(21)13-7-8-14(24-6)15(9-13)26(22,23)19(4)5/h7-9,11-12H,10H2,1-6H3,(H,18,20)/t12-/m1/s1. The Hall–Kier alpha value is -2.13. The lowest BCUT2D eigenvalue weighted by Crippen LogP contribution is -2.37. The molecule has 0 spiro atoms. The summed E-state index contributed by atoms with van der Waals surface area (Å²) >= 11 is 0. The number of rotatable bonds is 8. The van der Waals surface area contributed by atoms with Crippen molar-refractivity contribution in [1.29, 1.82) is 0 Å². The minimum absolute atomic E-state index is 0.00901. The molecule has 0 aliphatic carbocycles. The Morgan fingerprint density at radius 2 is 1.81 bits per heavy atom. The van der Waals surface area contributed by atoms with E-state index < -0.39 is 28.0 Å². The molecule has 9 heteroatoms. The van der Waals surface area contributed by atoms with Crippen molar-refractivity contribution in [2.75, 3.05) is 27.7 Å². The van der Waals surface area contributed by atoms with Crippen LogP contribution in [0.5, 0.6) is 5.75 Å². The van der Waals surface area contributed by atoms with Crippen LogP contribution in [0.3, 0.4) is 0 Å². The maximum Gasteiger partial charge on any atom is 0.338 e. The highest BCUT2D eigenvalue weighted by molar-refractivity contribution is 7.89. The van der Waals surface area contributed by atoms with Crippen LogP contribution in [0.15, 0.2) is 23.1 Å². The molecule has 0 unspecified atom stereocenters. The topological polar surface area (TPSA) is 102 Å². The highest BCUT2D eigenvalue weighted by Gasteiger charge is 2.25. The molecule has 0 aliphatic heterocycles. The number of esters is 1. The molecule has 1 rings (SSSR count). The molecule has 0 heterocycles. The van der Waals surface area contributed by atoms with E-state index >= 15 is 0 Å². The predicted molar refractivity (Wildman–Crippen MR) is 96.6 cm³/mol. The first-order valence-corrected chi connectivity index (χ1v) is 9.54. The van der Waals surface area contributed by atoms with E-state index in [1.807, 2.05) is 13.8 Å². The summed E-state index contributed by atoms with van der Waals surface area (Å²) in [4.78, 5) is 24.1. The lowest BCUT2D eigenvalue weighted by Gasteiger charge is -2.17. The molecule has 0 fully saturated rings. The number of nitrogens with one attached hydrogen (secondary N) is 1. The number of hydrogen-bond donors (Lipinski definition) is 1. The zero-order chi connectivity index (χ0) is 20.1. The van der Waals surface area contributed by atoms with Crippen LogP contribution in [-0.4, -0.2) is 58.5 Å². The number of carbonyl (C=O) groups excluding carboxylic acids is 2. The second-order valence-electron chi connectivity index (χ2n) is 6.34. The second kappa shape index (κ2) is 9.00. The van der Waals surface area contributed by atoms with Crippen LogP contribution in [0.2, 0.25) is 0 Å². The summed E-state index contributed by atoms with van der Waals surface area (Å²) < 4.78 is 36.0. The average Bonchev–Trinajstić information content (AvgIpc) is 2.58. The first-order chi connectivity index (χ1) is 12.0. The zero-order valence-electron chi connectivity index (χ0n) is 15.9. The van der Waals surface area contributed by atoms with Crippen LogP contribution in [0.25, 0.3) is 0 Å². The van der Waals surface area contributed by atoms with Crippen LogP contribution < -0.4 is 10.1 Å². The van der Waals surface area contributed by atoms with Crippen LogP contribution in [0.1, 0.15) is 31.1 Å². The molecular weight excluding hydrogens is 360 g/mol. The highest BCUT2D eigenvalue weighted by Crippen LogP contribution is 2.27. The average molecular weight is 386 g/mol. The summed E-state index contributed by atoms with van der Waals surface area (Å²) in [6.07, 6.45) is -1.00. The minimum Gasteiger partial charge on any atom is -0.495 e. The van der Waals surface area contributed by atoms with Gasteiger partial charge in [0.05, 0.1) is 12.7 Å². The highest BCUT2D eigenvalue weighted by atomic mass is 32.2. The summed E-state index contributed by atoms with van der Waals surface area (Å²) in [6.45, 7) is 5.81. The number of carbonyl (C=O) groups is 2. The molecule has 0 aliphatic rings. The van der Waals surface area contributed by atoms with Gasteiger partial charge in [0.1, 0.15) is 10.6 Å². The molecule has 0 radical (unpaired) electrons. The number of ether oxygens (including phenoxy) is 2. The fourth-order valence-corrected chi connectivity index (χ4v) is 3.01. The summed E-state index contributed by atoms with van der Waals surface area (Å²) in [7, 11) is 0.271. The monoisotopic (exact) mass is 386 g/mol. The van der Waals surface area contributed by atoms with E-state index in [4.69, 9.17) is 9.47 Å². The molecule has 0 bridgehead atoms. The molecule has 0 saturated carbocycles. The number of hydrogen-bond acceptors (Lipinski definition) is 6. The van der Waals surface area contributed by atoms with E-state index in [1.54, 1.807) is 0 Å². The Bertz CT molecular complexity index is 759. The third-order valence-electron chi connectivity index (χ3n) is 3.50. The van der Waals surface area contributed by atoms with E-state index in [-0.39, 0.29) is 22.1 Å². The largest absolute Gasteiger partial charge is 0.495 e. The van der Waals surface area contributed by atoms with E-state index in [1.165, 1.54) is 46.3 Å². The number of nitrogens with zero attached hydrogens (tertiary/aromatic N) is 1. The summed E-state index contributed by atoms with van der Waals surface area (Å²) in [6, 6.07) is 3.93. The quantitative estimate of drug-likeness (QED) is 0.675. The molecule has 1 aromatic carbocycles. The molecule has 0 saturated heterocycles. The molecule has 8 nitrogen and oxygen atoms in total. The predicted octanol–water partition coefficient (Wildman–Crippen LogP) is 1.26. The van der Waals surface area contributed by atoms with Gasteiger partial charge in [-0.2, -0.15) is 0 Å². The van der Waals surface area contributed by atoms with E-state index in [9.17, 15) is 18.0 Å². The lowest BCUT2D eigenvalue weighted by molar-refractivity contribution is -0.129. The summed E-state index contributed by atoms with van der Waals surface area (Å²) in [5, 5.41) is 2.67. The van der Waals surface area contributed by atoms with Crippen molar-refractivity contribution in [3.05, 3.63) is 23.8 Å². The van der Waals surface area contributed by atoms with Crippen LogP contribution in [0, 0.1) is 5.92 Å². The Morgan fingerprint density at radius 3 is 2.31 bits per heavy atom. The molecule has 1 atom stereocenters. The van der Waals surface area contributed by atoms with Crippen molar-refractivity contribution >= 4 is 21.9 Å². The Balaban J connectivity index is 3.02. The van der Waals surface area contributed by atoms with Gasteiger partial charge < -0.3 is 14.8 Å². The van der Waals surface area contributed by atoms with Gasteiger partial charge in [-0.1, -0.05) is 13.8 Å². The van der Waals surface area contributed by atoms with Gasteiger partial charge in [0.25, 0.3) is 5.91 Å². The third kappa shape index (κ3) is 5.43. The molecule has 1 N–H and O–H groups in total. The van der Waals surface area contributed by atoms with E-state index in [2.05, 4.69) is 5.32 Å². The minimum atomic E-state index is -3.82. The van der Waals surface area contributed by atoms with Gasteiger partial charge in [-0.05, 0) is 31.0 Å². The van der Waals surface area contributed by atoms with Crippen LogP contribution in [-0.2, 0) is 19.6 Å². The van der Waals surface area contributed by atoms with E-state index in [0.717, 1.165) is 4.31 Å². The SMILES string of the molecule is COc1ccc(C(=O)O[C@H](C)C(=O)NCC(C)C)cc1S(=O)(=O)N(C)C. The van der Waals surface area contributed by atoms with Crippen molar-refractivity contribution in [2.24, 2.45) is 5.92 Å². The Labute approximate surface area is 154 Å². The lowest BCUT2D eigenvalue weighted by atomic mass is 10.2. The maximum absolute atomic E-state index is 12.4. The number of amides is 1. The van der Waals surface area contributed by atoms with Crippen molar-refractivity contribution < 1.29 is 27.5 Å². The van der Waals surface area contributed by atoms with Crippen molar-refractivity contribution in [1.82, 2.24) is 9.62 Å². The zero-order valence-corrected chi connectivity index (χ0v) is 16.7. The molecule has 26 heavy (non-hydrogen) atoms. The maximum atomic E-state index is 12.4.